The molecule has 0 bridgehead atoms. The van der Waals surface area contributed by atoms with Crippen LogP contribution in [0.2, 0.25) is 0 Å². The maximum Gasteiger partial charge on any atom is 0.285 e. The zero-order valence-electron chi connectivity index (χ0n) is 6.21. The normalized spacial score (nSPS) is 14.2. The lowest BCUT2D eigenvalue weighted by atomic mass is 10.2. The van der Waals surface area contributed by atoms with Gasteiger partial charge in [-0.25, -0.2) is 0 Å². The largest absolute Gasteiger partial charge is 0.309 e. The minimum absolute atomic E-state index is 0.375. The second kappa shape index (κ2) is 3.22. The summed E-state index contributed by atoms with van der Waals surface area (Å²) in [6, 6.07) is 8.12. The van der Waals surface area contributed by atoms with Crippen molar-refractivity contribution in [1.82, 2.24) is 0 Å². The molecule has 1 aromatic rings. The number of hydrogen-bond donors (Lipinski definition) is 2. The van der Waals surface area contributed by atoms with E-state index in [1.807, 2.05) is 0 Å². The molecule has 0 saturated heterocycles. The van der Waals surface area contributed by atoms with Crippen molar-refractivity contribution in [2.45, 2.75) is 5.37 Å². The van der Waals surface area contributed by atoms with Crippen LogP contribution in [0.1, 0.15) is 10.9 Å². The molecule has 12 heavy (non-hydrogen) atoms. The van der Waals surface area contributed by atoms with Crippen LogP contribution in [0.4, 0.5) is 0 Å². The minimum atomic E-state index is -4.18. The van der Waals surface area contributed by atoms with Crippen LogP contribution >= 0.6 is 0 Å². The summed E-state index contributed by atoms with van der Waals surface area (Å²) in [6.45, 7) is 0. The second-order valence-corrected chi connectivity index (χ2v) is 3.88. The van der Waals surface area contributed by atoms with Gasteiger partial charge >= 0.3 is 0 Å². The summed E-state index contributed by atoms with van der Waals surface area (Å²) in [5.41, 5.74) is 5.61. The van der Waals surface area contributed by atoms with Gasteiger partial charge in [0.2, 0.25) is 0 Å². The smallest absolute Gasteiger partial charge is 0.285 e. The number of nitrogens with two attached hydrogens (primary N) is 1. The van der Waals surface area contributed by atoms with Crippen LogP contribution in [0.15, 0.2) is 30.3 Å². The lowest BCUT2D eigenvalue weighted by Gasteiger charge is -2.06. The maximum absolute atomic E-state index is 10.6. The molecule has 0 aliphatic carbocycles. The Balaban J connectivity index is 3.02. The molecule has 5 heteroatoms. The molecule has 0 amide bonds. The molecule has 0 aliphatic rings. The Bertz CT molecular complexity index is 346. The van der Waals surface area contributed by atoms with Crippen molar-refractivity contribution in [3.63, 3.8) is 0 Å². The third-order valence-electron chi connectivity index (χ3n) is 1.45. The average Bonchev–Trinajstić information content (AvgIpc) is 2.03. The minimum Gasteiger partial charge on any atom is -0.309 e. The van der Waals surface area contributed by atoms with Crippen LogP contribution in [0, 0.1) is 0 Å². The molecule has 0 saturated carbocycles. The third-order valence-corrected chi connectivity index (χ3v) is 2.36. The van der Waals surface area contributed by atoms with Crippen LogP contribution in [-0.4, -0.2) is 13.0 Å². The highest BCUT2D eigenvalue weighted by atomic mass is 32.2. The molecule has 0 fully saturated rings. The highest BCUT2D eigenvalue weighted by molar-refractivity contribution is 7.86. The zero-order valence-corrected chi connectivity index (χ0v) is 7.03. The molecule has 0 aromatic heterocycles. The van der Waals surface area contributed by atoms with Crippen molar-refractivity contribution in [2.24, 2.45) is 5.73 Å². The van der Waals surface area contributed by atoms with Crippen molar-refractivity contribution in [1.29, 1.82) is 0 Å². The van der Waals surface area contributed by atoms with Crippen molar-refractivity contribution < 1.29 is 13.0 Å². The van der Waals surface area contributed by atoms with Gasteiger partial charge in [0.05, 0.1) is 0 Å². The lowest BCUT2D eigenvalue weighted by molar-refractivity contribution is 0.470. The van der Waals surface area contributed by atoms with Crippen LogP contribution in [0.3, 0.4) is 0 Å². The summed E-state index contributed by atoms with van der Waals surface area (Å²) < 4.78 is 29.7. The Morgan fingerprint density at radius 2 is 1.75 bits per heavy atom. The molecular weight excluding hydrogens is 178 g/mol. The van der Waals surface area contributed by atoms with E-state index in [1.54, 1.807) is 30.3 Å². The monoisotopic (exact) mass is 187 g/mol. The van der Waals surface area contributed by atoms with E-state index in [4.69, 9.17) is 10.3 Å². The summed E-state index contributed by atoms with van der Waals surface area (Å²) in [6.07, 6.45) is 0. The maximum atomic E-state index is 10.6. The first kappa shape index (κ1) is 9.18. The first-order valence-corrected chi connectivity index (χ1v) is 4.79. The van der Waals surface area contributed by atoms with E-state index in [-0.39, 0.29) is 0 Å². The third kappa shape index (κ3) is 2.04. The molecule has 0 unspecified atom stereocenters. The average molecular weight is 187 g/mol. The highest BCUT2D eigenvalue weighted by Gasteiger charge is 2.18. The molecule has 0 radical (unpaired) electrons. The molecular formula is C7H9NO3S. The van der Waals surface area contributed by atoms with E-state index in [2.05, 4.69) is 0 Å². The van der Waals surface area contributed by atoms with E-state index >= 15 is 0 Å². The number of rotatable bonds is 2. The summed E-state index contributed by atoms with van der Waals surface area (Å²) in [5, 5.41) is -1.35. The van der Waals surface area contributed by atoms with Crippen LogP contribution < -0.4 is 5.73 Å². The molecule has 4 nitrogen and oxygen atoms in total. The van der Waals surface area contributed by atoms with Crippen LogP contribution in [-0.2, 0) is 10.1 Å². The molecule has 1 aromatic carbocycles. The predicted octanol–water partition coefficient (Wildman–Crippen LogP) is 0.532. The van der Waals surface area contributed by atoms with E-state index in [0.29, 0.717) is 5.56 Å². The lowest BCUT2D eigenvalue weighted by Crippen LogP contribution is -2.20. The fourth-order valence-corrected chi connectivity index (χ4v) is 1.32. The fourth-order valence-electron chi connectivity index (χ4n) is 0.815. The predicted molar refractivity (Wildman–Crippen MR) is 44.9 cm³/mol. The zero-order chi connectivity index (χ0) is 9.19. The Hall–Kier alpha value is -0.910. The van der Waals surface area contributed by atoms with Crippen molar-refractivity contribution >= 4 is 10.1 Å². The molecule has 3 N–H and O–H groups in total. The van der Waals surface area contributed by atoms with Gasteiger partial charge in [-0.15, -0.1) is 0 Å². The molecule has 1 rings (SSSR count). The molecule has 66 valence electrons. The topological polar surface area (TPSA) is 80.4 Å². The van der Waals surface area contributed by atoms with Gasteiger partial charge in [0, 0.05) is 0 Å². The Labute approximate surface area is 70.8 Å². The fraction of sp³-hybridized carbons (Fsp3) is 0.143. The summed E-state index contributed by atoms with van der Waals surface area (Å²) in [7, 11) is -4.18. The van der Waals surface area contributed by atoms with Crippen LogP contribution in [0.5, 0.6) is 0 Å². The van der Waals surface area contributed by atoms with E-state index in [0.717, 1.165) is 0 Å². The van der Waals surface area contributed by atoms with Gasteiger partial charge in [-0.1, -0.05) is 30.3 Å². The Morgan fingerprint density at radius 1 is 1.25 bits per heavy atom. The second-order valence-electron chi connectivity index (χ2n) is 2.35. The first-order chi connectivity index (χ1) is 5.52. The summed E-state index contributed by atoms with van der Waals surface area (Å²) >= 11 is 0. The van der Waals surface area contributed by atoms with Crippen LogP contribution in [0.25, 0.3) is 0 Å². The van der Waals surface area contributed by atoms with Gasteiger partial charge in [-0.2, -0.15) is 8.42 Å². The molecule has 0 aliphatic heterocycles. The van der Waals surface area contributed by atoms with E-state index in [9.17, 15) is 8.42 Å². The number of hydrogen-bond acceptors (Lipinski definition) is 3. The van der Waals surface area contributed by atoms with Gasteiger partial charge in [0.15, 0.2) is 5.37 Å². The first-order valence-electron chi connectivity index (χ1n) is 3.28. The van der Waals surface area contributed by atoms with Crippen molar-refractivity contribution in [3.8, 4) is 0 Å². The summed E-state index contributed by atoms with van der Waals surface area (Å²) in [5.74, 6) is 0. The standard InChI is InChI=1S/C7H9NO3S/c8-7(12(9,10)11)6-4-2-1-3-5-6/h1-5,7H,8H2,(H,9,10,11)/t7-/m0/s1. The van der Waals surface area contributed by atoms with E-state index < -0.39 is 15.5 Å². The molecule has 1 atom stereocenters. The quantitative estimate of drug-likeness (QED) is 0.662. The summed E-state index contributed by atoms with van der Waals surface area (Å²) in [4.78, 5) is 0. The van der Waals surface area contributed by atoms with E-state index in [1.165, 1.54) is 0 Å². The Kier molecular flexibility index (Phi) is 2.46. The molecule has 0 heterocycles. The van der Waals surface area contributed by atoms with Crippen molar-refractivity contribution in [3.05, 3.63) is 35.9 Å². The highest BCUT2D eigenvalue weighted by Crippen LogP contribution is 2.13. The van der Waals surface area contributed by atoms with Gasteiger partial charge in [0.25, 0.3) is 10.1 Å². The van der Waals surface area contributed by atoms with Gasteiger partial charge in [0.1, 0.15) is 0 Å². The molecule has 0 spiro atoms. The number of benzene rings is 1. The SMILES string of the molecule is N[C@H](c1ccccc1)S(=O)(=O)O. The van der Waals surface area contributed by atoms with Crippen molar-refractivity contribution in [2.75, 3.05) is 0 Å². The van der Waals surface area contributed by atoms with Gasteiger partial charge in [-0.3, -0.25) is 4.55 Å². The van der Waals surface area contributed by atoms with Gasteiger partial charge < -0.3 is 5.73 Å². The van der Waals surface area contributed by atoms with Gasteiger partial charge in [-0.05, 0) is 5.56 Å². The Morgan fingerprint density at radius 3 is 2.17 bits per heavy atom.